The minimum atomic E-state index is 0.806. The number of benzene rings is 3. The number of hydrogen-bond acceptors (Lipinski definition) is 6. The van der Waals surface area contributed by atoms with E-state index >= 15 is 0 Å². The van der Waals surface area contributed by atoms with Crippen molar-refractivity contribution in [2.24, 2.45) is 0 Å². The number of nitrogens with zero attached hydrogens (tertiary/aromatic N) is 4. The van der Waals surface area contributed by atoms with Gasteiger partial charge in [0.2, 0.25) is 0 Å². The number of anilines is 1. The molecule has 0 saturated carbocycles. The van der Waals surface area contributed by atoms with E-state index in [0.717, 1.165) is 68.4 Å². The first-order valence-corrected chi connectivity index (χ1v) is 13.5. The summed E-state index contributed by atoms with van der Waals surface area (Å²) in [4.78, 5) is 15.5. The molecular weight excluding hydrogens is 464 g/mol. The summed E-state index contributed by atoms with van der Waals surface area (Å²) < 4.78 is 5.54. The van der Waals surface area contributed by atoms with Crippen LogP contribution in [0.3, 0.4) is 0 Å². The largest absolute Gasteiger partial charge is 0.379 e. The summed E-state index contributed by atoms with van der Waals surface area (Å²) >= 11 is 1.70. The zero-order chi connectivity index (χ0) is 24.2. The maximum Gasteiger partial charge on any atom is 0.141 e. The molecule has 0 N–H and O–H groups in total. The number of fused-ring (bicyclic) bond motifs is 2. The lowest BCUT2D eigenvalue weighted by Gasteiger charge is -2.29. The van der Waals surface area contributed by atoms with Gasteiger partial charge in [0.25, 0.3) is 0 Å². The van der Waals surface area contributed by atoms with Crippen molar-refractivity contribution in [2.45, 2.75) is 13.0 Å². The zero-order valence-electron chi connectivity index (χ0n) is 20.3. The van der Waals surface area contributed by atoms with Crippen LogP contribution in [0.4, 0.5) is 5.82 Å². The van der Waals surface area contributed by atoms with E-state index in [-0.39, 0.29) is 0 Å². The van der Waals surface area contributed by atoms with Crippen LogP contribution in [0.2, 0.25) is 0 Å². The van der Waals surface area contributed by atoms with Crippen LogP contribution in [-0.2, 0) is 11.3 Å². The number of rotatable bonds is 8. The van der Waals surface area contributed by atoms with Gasteiger partial charge in [0, 0.05) is 43.7 Å². The van der Waals surface area contributed by atoms with Crippen LogP contribution in [0.1, 0.15) is 12.0 Å². The minimum absolute atomic E-state index is 0.806. The first kappa shape index (κ1) is 23.1. The SMILES string of the molecule is c1ccc(-c2csc3ncnc(N(CCCN4CCOCC4)Cc4cccc5ccccc45)c23)cc1. The van der Waals surface area contributed by atoms with E-state index in [2.05, 4.69) is 93.0 Å². The molecule has 0 spiro atoms. The molecule has 5 aromatic rings. The van der Waals surface area contributed by atoms with Crippen LogP contribution in [0, 0.1) is 0 Å². The maximum absolute atomic E-state index is 5.54. The molecule has 1 aliphatic rings. The van der Waals surface area contributed by atoms with Gasteiger partial charge in [0.1, 0.15) is 17.0 Å². The summed E-state index contributed by atoms with van der Waals surface area (Å²) in [6, 6.07) is 25.9. The van der Waals surface area contributed by atoms with Gasteiger partial charge in [0.05, 0.1) is 18.6 Å². The molecule has 1 saturated heterocycles. The molecule has 2 aromatic heterocycles. The second-order valence-corrected chi connectivity index (χ2v) is 10.1. The quantitative estimate of drug-likeness (QED) is 0.255. The van der Waals surface area contributed by atoms with Crippen molar-refractivity contribution in [3.05, 3.63) is 90.1 Å². The van der Waals surface area contributed by atoms with E-state index in [4.69, 9.17) is 9.72 Å². The molecule has 182 valence electrons. The Morgan fingerprint density at radius 3 is 2.58 bits per heavy atom. The van der Waals surface area contributed by atoms with Gasteiger partial charge in [-0.2, -0.15) is 0 Å². The molecule has 0 atom stereocenters. The first-order valence-electron chi connectivity index (χ1n) is 12.7. The smallest absolute Gasteiger partial charge is 0.141 e. The second-order valence-electron chi connectivity index (χ2n) is 9.26. The Kier molecular flexibility index (Phi) is 6.89. The fourth-order valence-electron chi connectivity index (χ4n) is 5.14. The molecule has 0 unspecified atom stereocenters. The summed E-state index contributed by atoms with van der Waals surface area (Å²) in [6.45, 7) is 6.51. The van der Waals surface area contributed by atoms with Crippen molar-refractivity contribution in [1.82, 2.24) is 14.9 Å². The summed E-state index contributed by atoms with van der Waals surface area (Å²) in [6.07, 6.45) is 2.79. The highest BCUT2D eigenvalue weighted by molar-refractivity contribution is 7.17. The Morgan fingerprint density at radius 1 is 0.889 bits per heavy atom. The molecule has 1 fully saturated rings. The van der Waals surface area contributed by atoms with Gasteiger partial charge in [-0.15, -0.1) is 11.3 Å². The number of hydrogen-bond donors (Lipinski definition) is 0. The predicted molar refractivity (Wildman–Crippen MR) is 150 cm³/mol. The second kappa shape index (κ2) is 10.7. The summed E-state index contributed by atoms with van der Waals surface area (Å²) in [5.41, 5.74) is 3.74. The number of morpholine rings is 1. The summed E-state index contributed by atoms with van der Waals surface area (Å²) in [5, 5.41) is 5.95. The molecule has 5 nitrogen and oxygen atoms in total. The molecule has 6 rings (SSSR count). The van der Waals surface area contributed by atoms with Crippen LogP contribution in [-0.4, -0.2) is 54.3 Å². The molecule has 3 aromatic carbocycles. The van der Waals surface area contributed by atoms with Gasteiger partial charge < -0.3 is 9.64 Å². The Hall–Kier alpha value is -3.32. The van der Waals surface area contributed by atoms with Gasteiger partial charge in [-0.05, 0) is 28.3 Å². The normalized spacial score (nSPS) is 14.4. The van der Waals surface area contributed by atoms with Gasteiger partial charge in [-0.1, -0.05) is 72.8 Å². The topological polar surface area (TPSA) is 41.5 Å². The third kappa shape index (κ3) is 4.85. The van der Waals surface area contributed by atoms with E-state index in [1.54, 1.807) is 17.7 Å². The van der Waals surface area contributed by atoms with E-state index in [1.165, 1.54) is 27.5 Å². The lowest BCUT2D eigenvalue weighted by atomic mass is 10.0. The fourth-order valence-corrected chi connectivity index (χ4v) is 6.05. The van der Waals surface area contributed by atoms with Crippen LogP contribution in [0.25, 0.3) is 32.1 Å². The average Bonchev–Trinajstić information content (AvgIpc) is 3.38. The lowest BCUT2D eigenvalue weighted by molar-refractivity contribution is 0.0376. The van der Waals surface area contributed by atoms with E-state index < -0.39 is 0 Å². The van der Waals surface area contributed by atoms with E-state index in [0.29, 0.717) is 0 Å². The third-order valence-corrected chi connectivity index (χ3v) is 7.87. The molecule has 0 aliphatic carbocycles. The monoisotopic (exact) mass is 494 g/mol. The van der Waals surface area contributed by atoms with Gasteiger partial charge in [0.15, 0.2) is 0 Å². The highest BCUT2D eigenvalue weighted by atomic mass is 32.1. The molecule has 3 heterocycles. The van der Waals surface area contributed by atoms with Crippen LogP contribution < -0.4 is 4.90 Å². The highest BCUT2D eigenvalue weighted by Gasteiger charge is 2.20. The summed E-state index contributed by atoms with van der Waals surface area (Å²) in [5.74, 6) is 1.02. The molecule has 0 bridgehead atoms. The van der Waals surface area contributed by atoms with Crippen molar-refractivity contribution >= 4 is 38.1 Å². The fraction of sp³-hybridized carbons (Fsp3) is 0.267. The van der Waals surface area contributed by atoms with E-state index in [1.807, 2.05) is 0 Å². The molecule has 0 radical (unpaired) electrons. The van der Waals surface area contributed by atoms with Crippen molar-refractivity contribution in [1.29, 1.82) is 0 Å². The first-order chi connectivity index (χ1) is 17.9. The third-order valence-electron chi connectivity index (χ3n) is 6.98. The minimum Gasteiger partial charge on any atom is -0.379 e. The Morgan fingerprint density at radius 2 is 1.69 bits per heavy atom. The van der Waals surface area contributed by atoms with Crippen LogP contribution in [0.15, 0.2) is 84.5 Å². The molecule has 0 amide bonds. The van der Waals surface area contributed by atoms with Gasteiger partial charge >= 0.3 is 0 Å². The standard InChI is InChI=1S/C30H30N4OS/c1-2-8-24(9-3-1)27-21-36-30-28(27)29(31-22-32-30)34(15-7-14-33-16-18-35-19-17-33)20-25-12-6-11-23-10-4-5-13-26(23)25/h1-6,8-13,21-22H,7,14-20H2. The molecule has 6 heteroatoms. The van der Waals surface area contributed by atoms with Crippen molar-refractivity contribution in [3.63, 3.8) is 0 Å². The van der Waals surface area contributed by atoms with Gasteiger partial charge in [-0.3, -0.25) is 4.90 Å². The Labute approximate surface area is 216 Å². The summed E-state index contributed by atoms with van der Waals surface area (Å²) in [7, 11) is 0. The average molecular weight is 495 g/mol. The molecular formula is C30H30N4OS. The lowest BCUT2D eigenvalue weighted by Crippen LogP contribution is -2.38. The van der Waals surface area contributed by atoms with E-state index in [9.17, 15) is 0 Å². The Balaban J connectivity index is 1.38. The molecule has 1 aliphatic heterocycles. The van der Waals surface area contributed by atoms with Crippen LogP contribution >= 0.6 is 11.3 Å². The van der Waals surface area contributed by atoms with Crippen molar-refractivity contribution < 1.29 is 4.74 Å². The predicted octanol–water partition coefficient (Wildman–Crippen LogP) is 6.24. The van der Waals surface area contributed by atoms with Crippen LogP contribution in [0.5, 0.6) is 0 Å². The zero-order valence-corrected chi connectivity index (χ0v) is 21.2. The van der Waals surface area contributed by atoms with Crippen molar-refractivity contribution in [2.75, 3.05) is 44.3 Å². The number of thiophene rings is 1. The number of ether oxygens (including phenoxy) is 1. The highest BCUT2D eigenvalue weighted by Crippen LogP contribution is 2.38. The maximum atomic E-state index is 5.54. The number of aromatic nitrogens is 2. The molecule has 36 heavy (non-hydrogen) atoms. The van der Waals surface area contributed by atoms with Gasteiger partial charge in [-0.25, -0.2) is 9.97 Å². The Bertz CT molecular complexity index is 1440. The van der Waals surface area contributed by atoms with Crippen molar-refractivity contribution in [3.8, 4) is 11.1 Å².